The minimum absolute atomic E-state index is 0.567. The van der Waals surface area contributed by atoms with E-state index in [1.807, 2.05) is 0 Å². The number of nitrogens with zero attached hydrogens (tertiary/aromatic N) is 1. The summed E-state index contributed by atoms with van der Waals surface area (Å²) in [6, 6.07) is 17.3. The molecule has 0 spiro atoms. The molecule has 0 aromatic heterocycles. The van der Waals surface area contributed by atoms with Crippen LogP contribution in [0.3, 0.4) is 0 Å². The van der Waals surface area contributed by atoms with E-state index in [9.17, 15) is 0 Å². The van der Waals surface area contributed by atoms with Crippen molar-refractivity contribution in [1.29, 1.82) is 0 Å². The summed E-state index contributed by atoms with van der Waals surface area (Å²) in [7, 11) is 2.30. The highest BCUT2D eigenvalue weighted by Gasteiger charge is 2.37. The molecule has 3 atom stereocenters. The number of benzene rings is 2. The molecule has 0 saturated carbocycles. The van der Waals surface area contributed by atoms with Crippen molar-refractivity contribution in [2.45, 2.75) is 31.3 Å². The Bertz CT molecular complexity index is 773. The van der Waals surface area contributed by atoms with Crippen LogP contribution in [0.1, 0.15) is 35.6 Å². The van der Waals surface area contributed by atoms with Crippen molar-refractivity contribution in [3.8, 4) is 11.1 Å². The molecule has 0 radical (unpaired) electrons. The Morgan fingerprint density at radius 3 is 2.59 bits per heavy atom. The Labute approximate surface area is 132 Å². The molecular weight excluding hydrogens is 266 g/mol. The predicted octanol–water partition coefficient (Wildman–Crippen LogP) is 4.58. The number of hydrogen-bond acceptors (Lipinski definition) is 1. The van der Waals surface area contributed by atoms with Gasteiger partial charge in [-0.2, -0.15) is 0 Å². The van der Waals surface area contributed by atoms with E-state index in [2.05, 4.69) is 66.6 Å². The van der Waals surface area contributed by atoms with Gasteiger partial charge in [-0.25, -0.2) is 0 Å². The topological polar surface area (TPSA) is 3.24 Å². The average molecular weight is 287 g/mol. The summed E-state index contributed by atoms with van der Waals surface area (Å²) in [6.45, 7) is 0. The summed E-state index contributed by atoms with van der Waals surface area (Å²) < 4.78 is 0. The monoisotopic (exact) mass is 287 g/mol. The van der Waals surface area contributed by atoms with E-state index < -0.39 is 0 Å². The fraction of sp³-hybridized carbons (Fsp3) is 0.333. The van der Waals surface area contributed by atoms with E-state index >= 15 is 0 Å². The Morgan fingerprint density at radius 2 is 1.77 bits per heavy atom. The molecule has 1 heteroatoms. The first kappa shape index (κ1) is 12.7. The molecule has 2 aliphatic heterocycles. The average Bonchev–Trinajstić information content (AvgIpc) is 2.93. The highest BCUT2D eigenvalue weighted by Crippen LogP contribution is 2.45. The highest BCUT2D eigenvalue weighted by atomic mass is 15.2. The molecule has 2 aromatic carbocycles. The predicted molar refractivity (Wildman–Crippen MR) is 90.8 cm³/mol. The number of rotatable bonds is 1. The standard InChI is InChI=1S/C21H21N/c1-22-18-9-6-14(7-10-18)21(22)16-8-11-20-17(13-16)12-15-4-2-3-5-19(15)20/h2-6,8-9,11,13-14,18,21H,7,10,12H2,1H3/t14-,18-,21-/m0/s1. The summed E-state index contributed by atoms with van der Waals surface area (Å²) in [5.41, 5.74) is 7.37. The number of likely N-dealkylation sites (N-methyl/N-ethyl adjacent to an activating group) is 1. The van der Waals surface area contributed by atoms with Crippen LogP contribution in [-0.2, 0) is 6.42 Å². The molecule has 1 saturated heterocycles. The zero-order valence-electron chi connectivity index (χ0n) is 13.0. The Kier molecular flexibility index (Phi) is 2.63. The molecule has 6 rings (SSSR count). The van der Waals surface area contributed by atoms with Gasteiger partial charge in [0.25, 0.3) is 0 Å². The quantitative estimate of drug-likeness (QED) is 0.592. The van der Waals surface area contributed by atoms with E-state index in [1.54, 1.807) is 0 Å². The minimum Gasteiger partial charge on any atom is -0.292 e. The van der Waals surface area contributed by atoms with Crippen LogP contribution < -0.4 is 0 Å². The van der Waals surface area contributed by atoms with Crippen molar-refractivity contribution in [2.24, 2.45) is 5.92 Å². The third-order valence-corrected chi connectivity index (χ3v) is 5.90. The lowest BCUT2D eigenvalue weighted by Crippen LogP contribution is -2.44. The van der Waals surface area contributed by atoms with E-state index in [4.69, 9.17) is 0 Å². The molecule has 0 N–H and O–H groups in total. The van der Waals surface area contributed by atoms with Gasteiger partial charge >= 0.3 is 0 Å². The molecule has 0 amide bonds. The van der Waals surface area contributed by atoms with Crippen LogP contribution in [-0.4, -0.2) is 18.0 Å². The van der Waals surface area contributed by atoms with Gasteiger partial charge in [0.05, 0.1) is 0 Å². The first-order valence-corrected chi connectivity index (χ1v) is 8.42. The molecule has 2 aromatic rings. The fourth-order valence-electron chi connectivity index (χ4n) is 4.77. The van der Waals surface area contributed by atoms with Crippen LogP contribution in [0.25, 0.3) is 11.1 Å². The van der Waals surface area contributed by atoms with Gasteiger partial charge in [0.1, 0.15) is 0 Å². The second-order valence-electron chi connectivity index (χ2n) is 7.05. The molecule has 4 aliphatic rings. The third kappa shape index (κ3) is 1.69. The molecule has 0 unspecified atom stereocenters. The minimum atomic E-state index is 0.567. The highest BCUT2D eigenvalue weighted by molar-refractivity contribution is 5.77. The molecule has 1 nitrogen and oxygen atoms in total. The van der Waals surface area contributed by atoms with E-state index in [0.29, 0.717) is 18.0 Å². The van der Waals surface area contributed by atoms with E-state index in [-0.39, 0.29) is 0 Å². The SMILES string of the molecule is CN1[C@H](c2ccc3c(c2)Cc2ccccc2-3)[C@H]2C=C[C@H]1CC2. The Balaban J connectivity index is 1.56. The van der Waals surface area contributed by atoms with Crippen molar-refractivity contribution in [3.05, 3.63) is 71.3 Å². The Morgan fingerprint density at radius 1 is 0.909 bits per heavy atom. The first-order chi connectivity index (χ1) is 10.8. The van der Waals surface area contributed by atoms with Crippen molar-refractivity contribution in [1.82, 2.24) is 4.90 Å². The van der Waals surface area contributed by atoms with Crippen LogP contribution in [0.2, 0.25) is 0 Å². The van der Waals surface area contributed by atoms with Crippen molar-refractivity contribution >= 4 is 0 Å². The second kappa shape index (κ2) is 4.57. The van der Waals surface area contributed by atoms with Crippen LogP contribution in [0, 0.1) is 5.92 Å². The van der Waals surface area contributed by atoms with Gasteiger partial charge in [-0.1, -0.05) is 54.6 Å². The fourth-order valence-corrected chi connectivity index (χ4v) is 4.77. The van der Waals surface area contributed by atoms with Crippen molar-refractivity contribution < 1.29 is 0 Å². The molecule has 1 fully saturated rings. The lowest BCUT2D eigenvalue weighted by molar-refractivity contribution is 0.0925. The summed E-state index contributed by atoms with van der Waals surface area (Å²) >= 11 is 0. The van der Waals surface area contributed by atoms with Crippen LogP contribution in [0.4, 0.5) is 0 Å². The molecule has 2 heterocycles. The van der Waals surface area contributed by atoms with Crippen LogP contribution >= 0.6 is 0 Å². The first-order valence-electron chi connectivity index (χ1n) is 8.42. The van der Waals surface area contributed by atoms with Gasteiger partial charge in [0.15, 0.2) is 0 Å². The molecule has 22 heavy (non-hydrogen) atoms. The van der Waals surface area contributed by atoms with Crippen LogP contribution in [0.15, 0.2) is 54.6 Å². The maximum absolute atomic E-state index is 2.58. The zero-order valence-corrected chi connectivity index (χ0v) is 13.0. The summed E-state index contributed by atoms with van der Waals surface area (Å²) in [5.74, 6) is 0.692. The van der Waals surface area contributed by atoms with Gasteiger partial charge in [-0.05, 0) is 60.0 Å². The lowest BCUT2D eigenvalue weighted by Gasteiger charge is -2.46. The largest absolute Gasteiger partial charge is 0.292 e. The second-order valence-corrected chi connectivity index (χ2v) is 7.05. The molecule has 2 aliphatic carbocycles. The summed E-state index contributed by atoms with van der Waals surface area (Å²) in [4.78, 5) is 2.58. The Hall–Kier alpha value is -1.86. The molecular formula is C21H21N. The van der Waals surface area contributed by atoms with E-state index in [0.717, 1.165) is 6.42 Å². The van der Waals surface area contributed by atoms with Gasteiger partial charge in [-0.3, -0.25) is 4.90 Å². The maximum Gasteiger partial charge on any atom is 0.0413 e. The van der Waals surface area contributed by atoms with Crippen LogP contribution in [0.5, 0.6) is 0 Å². The van der Waals surface area contributed by atoms with Crippen molar-refractivity contribution in [3.63, 3.8) is 0 Å². The summed E-state index contributed by atoms with van der Waals surface area (Å²) in [6.07, 6.45) is 8.63. The number of piperidine rings is 1. The van der Waals surface area contributed by atoms with Crippen molar-refractivity contribution in [2.75, 3.05) is 7.05 Å². The zero-order chi connectivity index (χ0) is 14.7. The van der Waals surface area contributed by atoms with Gasteiger partial charge in [-0.15, -0.1) is 0 Å². The lowest BCUT2D eigenvalue weighted by atomic mass is 9.77. The van der Waals surface area contributed by atoms with E-state index in [1.165, 1.54) is 40.7 Å². The molecule has 2 bridgehead atoms. The third-order valence-electron chi connectivity index (χ3n) is 5.90. The van der Waals surface area contributed by atoms with Gasteiger partial charge in [0, 0.05) is 12.1 Å². The number of fused-ring (bicyclic) bond motifs is 5. The van der Waals surface area contributed by atoms with Gasteiger partial charge < -0.3 is 0 Å². The maximum atomic E-state index is 2.58. The number of hydrogen-bond donors (Lipinski definition) is 0. The normalized spacial score (nSPS) is 28.7. The molecule has 110 valence electrons. The van der Waals surface area contributed by atoms with Gasteiger partial charge in [0.2, 0.25) is 0 Å². The smallest absolute Gasteiger partial charge is 0.0413 e. The summed E-state index contributed by atoms with van der Waals surface area (Å²) in [5, 5.41) is 0.